The molecule has 0 unspecified atom stereocenters. The van der Waals surface area contributed by atoms with Gasteiger partial charge in [0.25, 0.3) is 0 Å². The van der Waals surface area contributed by atoms with E-state index < -0.39 is 5.97 Å². The van der Waals surface area contributed by atoms with E-state index >= 15 is 0 Å². The van der Waals surface area contributed by atoms with Crippen LogP contribution in [0.1, 0.15) is 17.3 Å². The monoisotopic (exact) mass is 189 g/mol. The number of hydrogen-bond acceptors (Lipinski definition) is 2. The number of carbonyl (C=O) groups is 1. The van der Waals surface area contributed by atoms with Crippen LogP contribution in [-0.4, -0.2) is 17.6 Å². The number of carboxylic acid groups (broad SMARTS) is 1. The standard InChI is InChI=1S/C11H11NO2/c1-2-3-8-12-10-7-5-4-6-9(10)11(13)14/h4-7,12H,8H2,1H3,(H,13,14). The highest BCUT2D eigenvalue weighted by atomic mass is 16.4. The Hall–Kier alpha value is -1.95. The smallest absolute Gasteiger partial charge is 0.337 e. The molecular formula is C11H11NO2. The third-order valence-corrected chi connectivity index (χ3v) is 1.70. The van der Waals surface area contributed by atoms with Crippen LogP contribution >= 0.6 is 0 Å². The maximum absolute atomic E-state index is 10.8. The summed E-state index contributed by atoms with van der Waals surface area (Å²) in [5.41, 5.74) is 0.869. The number of anilines is 1. The lowest BCUT2D eigenvalue weighted by atomic mass is 10.2. The Bertz CT molecular complexity index is 388. The van der Waals surface area contributed by atoms with E-state index in [1.807, 2.05) is 0 Å². The van der Waals surface area contributed by atoms with Gasteiger partial charge < -0.3 is 10.4 Å². The summed E-state index contributed by atoms with van der Waals surface area (Å²) in [5, 5.41) is 11.8. The van der Waals surface area contributed by atoms with Gasteiger partial charge in [-0.3, -0.25) is 0 Å². The van der Waals surface area contributed by atoms with Crippen molar-refractivity contribution in [1.29, 1.82) is 0 Å². The maximum Gasteiger partial charge on any atom is 0.337 e. The number of hydrogen-bond donors (Lipinski definition) is 2. The van der Waals surface area contributed by atoms with Crippen molar-refractivity contribution in [2.24, 2.45) is 0 Å². The Balaban J connectivity index is 2.83. The summed E-state index contributed by atoms with van der Waals surface area (Å²) in [6.07, 6.45) is 0. The second-order valence-corrected chi connectivity index (χ2v) is 2.63. The van der Waals surface area contributed by atoms with E-state index in [-0.39, 0.29) is 5.56 Å². The summed E-state index contributed by atoms with van der Waals surface area (Å²) in [4.78, 5) is 10.8. The van der Waals surface area contributed by atoms with Crippen LogP contribution in [0.5, 0.6) is 0 Å². The van der Waals surface area contributed by atoms with E-state index in [4.69, 9.17) is 5.11 Å². The van der Waals surface area contributed by atoms with E-state index in [1.54, 1.807) is 31.2 Å². The van der Waals surface area contributed by atoms with Gasteiger partial charge in [-0.25, -0.2) is 4.79 Å². The van der Waals surface area contributed by atoms with Crippen LogP contribution < -0.4 is 5.32 Å². The Morgan fingerprint density at radius 2 is 2.21 bits per heavy atom. The van der Waals surface area contributed by atoms with Gasteiger partial charge in [0, 0.05) is 5.69 Å². The van der Waals surface area contributed by atoms with E-state index in [9.17, 15) is 4.79 Å². The zero-order chi connectivity index (χ0) is 10.4. The van der Waals surface area contributed by atoms with Crippen molar-refractivity contribution in [2.45, 2.75) is 6.92 Å². The summed E-state index contributed by atoms with van der Waals surface area (Å²) < 4.78 is 0. The number of nitrogens with one attached hydrogen (secondary N) is 1. The van der Waals surface area contributed by atoms with Crippen molar-refractivity contribution in [1.82, 2.24) is 0 Å². The minimum Gasteiger partial charge on any atom is -0.478 e. The van der Waals surface area contributed by atoms with Crippen molar-refractivity contribution in [3.8, 4) is 11.8 Å². The van der Waals surface area contributed by atoms with Crippen LogP contribution in [-0.2, 0) is 0 Å². The molecule has 0 fully saturated rings. The van der Waals surface area contributed by atoms with Gasteiger partial charge in [-0.2, -0.15) is 0 Å². The average molecular weight is 189 g/mol. The predicted molar refractivity (Wildman–Crippen MR) is 55.3 cm³/mol. The van der Waals surface area contributed by atoms with Gasteiger partial charge in [0.2, 0.25) is 0 Å². The second kappa shape index (κ2) is 4.93. The highest BCUT2D eigenvalue weighted by molar-refractivity contribution is 5.94. The van der Waals surface area contributed by atoms with Crippen LogP contribution in [0.2, 0.25) is 0 Å². The van der Waals surface area contributed by atoms with Gasteiger partial charge in [0.15, 0.2) is 0 Å². The molecule has 0 aliphatic heterocycles. The van der Waals surface area contributed by atoms with Crippen molar-refractivity contribution in [3.63, 3.8) is 0 Å². The zero-order valence-corrected chi connectivity index (χ0v) is 7.87. The molecule has 1 rings (SSSR count). The molecule has 3 nitrogen and oxygen atoms in total. The van der Waals surface area contributed by atoms with Gasteiger partial charge in [0.1, 0.15) is 0 Å². The molecule has 0 aromatic heterocycles. The lowest BCUT2D eigenvalue weighted by Gasteiger charge is -2.05. The molecule has 14 heavy (non-hydrogen) atoms. The quantitative estimate of drug-likeness (QED) is 0.713. The predicted octanol–water partition coefficient (Wildman–Crippen LogP) is 1.82. The molecule has 2 N–H and O–H groups in total. The molecule has 1 aromatic rings. The van der Waals surface area contributed by atoms with Crippen molar-refractivity contribution < 1.29 is 9.90 Å². The molecule has 72 valence electrons. The Morgan fingerprint density at radius 3 is 2.86 bits per heavy atom. The second-order valence-electron chi connectivity index (χ2n) is 2.63. The Kier molecular flexibility index (Phi) is 3.57. The van der Waals surface area contributed by atoms with E-state index in [2.05, 4.69) is 17.2 Å². The third-order valence-electron chi connectivity index (χ3n) is 1.70. The molecule has 0 amide bonds. The number of aromatic carboxylic acids is 1. The van der Waals surface area contributed by atoms with Crippen LogP contribution in [0, 0.1) is 11.8 Å². The maximum atomic E-state index is 10.8. The fourth-order valence-corrected chi connectivity index (χ4v) is 1.05. The fraction of sp³-hybridized carbons (Fsp3) is 0.182. The lowest BCUT2D eigenvalue weighted by Crippen LogP contribution is -2.06. The van der Waals surface area contributed by atoms with E-state index in [0.717, 1.165) is 0 Å². The van der Waals surface area contributed by atoms with Gasteiger partial charge in [-0.1, -0.05) is 18.1 Å². The molecule has 0 atom stereocenters. The van der Waals surface area contributed by atoms with E-state index in [1.165, 1.54) is 0 Å². The number of carboxylic acids is 1. The summed E-state index contributed by atoms with van der Waals surface area (Å²) in [5.74, 6) is 4.60. The highest BCUT2D eigenvalue weighted by Crippen LogP contribution is 2.13. The molecule has 0 aliphatic carbocycles. The average Bonchev–Trinajstić information content (AvgIpc) is 2.19. The first-order chi connectivity index (χ1) is 6.75. The molecule has 0 saturated carbocycles. The van der Waals surface area contributed by atoms with Crippen LogP contribution in [0.15, 0.2) is 24.3 Å². The van der Waals surface area contributed by atoms with Gasteiger partial charge in [-0.05, 0) is 19.1 Å². The largest absolute Gasteiger partial charge is 0.478 e. The summed E-state index contributed by atoms with van der Waals surface area (Å²) in [6.45, 7) is 2.20. The number of benzene rings is 1. The zero-order valence-electron chi connectivity index (χ0n) is 7.87. The summed E-state index contributed by atoms with van der Waals surface area (Å²) in [6, 6.07) is 6.76. The molecule has 3 heteroatoms. The minimum absolute atomic E-state index is 0.269. The SMILES string of the molecule is CC#CCNc1ccccc1C(=O)O. The van der Waals surface area contributed by atoms with Crippen LogP contribution in [0.4, 0.5) is 5.69 Å². The van der Waals surface area contributed by atoms with Crippen LogP contribution in [0.3, 0.4) is 0 Å². The first kappa shape index (κ1) is 10.1. The topological polar surface area (TPSA) is 49.3 Å². The Morgan fingerprint density at radius 1 is 1.50 bits per heavy atom. The van der Waals surface area contributed by atoms with Gasteiger partial charge >= 0.3 is 5.97 Å². The minimum atomic E-state index is -0.933. The number of rotatable bonds is 3. The highest BCUT2D eigenvalue weighted by Gasteiger charge is 2.06. The molecule has 0 radical (unpaired) electrons. The molecule has 0 spiro atoms. The Labute approximate surface area is 82.8 Å². The normalized spacial score (nSPS) is 8.64. The van der Waals surface area contributed by atoms with Gasteiger partial charge in [-0.15, -0.1) is 5.92 Å². The molecule has 0 bridgehead atoms. The van der Waals surface area contributed by atoms with Crippen molar-refractivity contribution in [2.75, 3.05) is 11.9 Å². The van der Waals surface area contributed by atoms with Crippen molar-refractivity contribution in [3.05, 3.63) is 29.8 Å². The third kappa shape index (κ3) is 2.53. The van der Waals surface area contributed by atoms with E-state index in [0.29, 0.717) is 12.2 Å². The fourth-order valence-electron chi connectivity index (χ4n) is 1.05. The molecule has 0 heterocycles. The van der Waals surface area contributed by atoms with Gasteiger partial charge in [0.05, 0.1) is 12.1 Å². The molecule has 1 aromatic carbocycles. The summed E-state index contributed by atoms with van der Waals surface area (Å²) in [7, 11) is 0. The van der Waals surface area contributed by atoms with Crippen molar-refractivity contribution >= 4 is 11.7 Å². The lowest BCUT2D eigenvalue weighted by molar-refractivity contribution is 0.0698. The number of para-hydroxylation sites is 1. The van der Waals surface area contributed by atoms with Crippen LogP contribution in [0.25, 0.3) is 0 Å². The molecular weight excluding hydrogens is 178 g/mol. The first-order valence-electron chi connectivity index (χ1n) is 4.21. The first-order valence-corrected chi connectivity index (χ1v) is 4.21. The summed E-state index contributed by atoms with van der Waals surface area (Å²) >= 11 is 0. The molecule has 0 aliphatic rings. The molecule has 0 saturated heterocycles.